The summed E-state index contributed by atoms with van der Waals surface area (Å²) in [5.74, 6) is -1.81. The molecule has 1 aromatic rings. The van der Waals surface area contributed by atoms with E-state index in [0.717, 1.165) is 24.8 Å². The van der Waals surface area contributed by atoms with E-state index in [-0.39, 0.29) is 11.8 Å². The van der Waals surface area contributed by atoms with E-state index >= 15 is 0 Å². The zero-order valence-electron chi connectivity index (χ0n) is 9.76. The normalized spacial score (nSPS) is 19.9. The van der Waals surface area contributed by atoms with Crippen LogP contribution in [0.3, 0.4) is 0 Å². The first kappa shape index (κ1) is 13.0. The number of aryl methyl sites for hydroxylation is 1. The molecule has 0 spiro atoms. The number of amides is 1. The van der Waals surface area contributed by atoms with Gasteiger partial charge < -0.3 is 15.5 Å². The average molecular weight is 269 g/mol. The van der Waals surface area contributed by atoms with Gasteiger partial charge in [-0.25, -0.2) is 4.79 Å². The molecule has 3 N–H and O–H groups in total. The number of hydrogen-bond donors (Lipinski definition) is 3. The molecule has 1 aromatic heterocycles. The summed E-state index contributed by atoms with van der Waals surface area (Å²) in [5, 5.41) is 22.0. The van der Waals surface area contributed by atoms with Crippen molar-refractivity contribution in [1.29, 1.82) is 0 Å². The van der Waals surface area contributed by atoms with Gasteiger partial charge in [0, 0.05) is 4.88 Å². The average Bonchev–Trinajstić information content (AvgIpc) is 2.82. The first-order valence-corrected chi connectivity index (χ1v) is 6.71. The molecule has 0 bridgehead atoms. The van der Waals surface area contributed by atoms with Crippen LogP contribution in [0.5, 0.6) is 0 Å². The van der Waals surface area contributed by atoms with Crippen molar-refractivity contribution in [2.24, 2.45) is 0 Å². The molecule has 2 rings (SSSR count). The van der Waals surface area contributed by atoms with Crippen LogP contribution in [0, 0.1) is 0 Å². The van der Waals surface area contributed by atoms with Crippen molar-refractivity contribution in [2.45, 2.75) is 31.2 Å². The lowest BCUT2D eigenvalue weighted by Crippen LogP contribution is -2.45. The number of carbonyl (C=O) groups excluding carboxylic acids is 1. The molecule has 18 heavy (non-hydrogen) atoms. The Hall–Kier alpha value is -1.40. The van der Waals surface area contributed by atoms with Crippen molar-refractivity contribution in [3.05, 3.63) is 21.9 Å². The Labute approximate surface area is 108 Å². The Morgan fingerprint density at radius 3 is 3.00 bits per heavy atom. The number of aliphatic hydroxyl groups excluding tert-OH is 1. The summed E-state index contributed by atoms with van der Waals surface area (Å²) in [7, 11) is 0. The third-order valence-electron chi connectivity index (χ3n) is 3.17. The van der Waals surface area contributed by atoms with Crippen LogP contribution >= 0.6 is 11.3 Å². The number of carbonyl (C=O) groups is 2. The van der Waals surface area contributed by atoms with E-state index in [1.807, 2.05) is 11.4 Å². The maximum Gasteiger partial charge on any atom is 0.328 e. The van der Waals surface area contributed by atoms with E-state index in [0.29, 0.717) is 0 Å². The number of aliphatic carboxylic acids is 1. The lowest BCUT2D eigenvalue weighted by molar-refractivity contribution is -0.143. The highest BCUT2D eigenvalue weighted by atomic mass is 32.1. The van der Waals surface area contributed by atoms with Gasteiger partial charge in [0.2, 0.25) is 5.91 Å². The molecule has 1 heterocycles. The predicted molar refractivity (Wildman–Crippen MR) is 66.7 cm³/mol. The van der Waals surface area contributed by atoms with Gasteiger partial charge in [0.25, 0.3) is 0 Å². The van der Waals surface area contributed by atoms with Gasteiger partial charge in [-0.15, -0.1) is 11.3 Å². The molecule has 0 aliphatic heterocycles. The molecule has 98 valence electrons. The van der Waals surface area contributed by atoms with Crippen LogP contribution in [0.2, 0.25) is 0 Å². The maximum atomic E-state index is 12.1. The molecule has 2 atom stereocenters. The summed E-state index contributed by atoms with van der Waals surface area (Å²) in [5.41, 5.74) is 1.01. The minimum Gasteiger partial charge on any atom is -0.480 e. The molecular weight excluding hydrogens is 254 g/mol. The highest BCUT2D eigenvalue weighted by molar-refractivity contribution is 7.10. The molecule has 0 saturated heterocycles. The van der Waals surface area contributed by atoms with Gasteiger partial charge in [-0.05, 0) is 36.3 Å². The van der Waals surface area contributed by atoms with Crippen LogP contribution in [0.25, 0.3) is 0 Å². The number of rotatable bonds is 4. The summed E-state index contributed by atoms with van der Waals surface area (Å²) >= 11 is 1.63. The van der Waals surface area contributed by atoms with E-state index < -0.39 is 18.6 Å². The van der Waals surface area contributed by atoms with Crippen LogP contribution in [0.15, 0.2) is 11.4 Å². The number of carboxylic acids is 1. The van der Waals surface area contributed by atoms with E-state index in [1.165, 1.54) is 4.88 Å². The Kier molecular flexibility index (Phi) is 3.98. The zero-order valence-corrected chi connectivity index (χ0v) is 10.6. The highest BCUT2D eigenvalue weighted by Gasteiger charge is 2.29. The third-order valence-corrected chi connectivity index (χ3v) is 4.16. The fourth-order valence-electron chi connectivity index (χ4n) is 2.22. The van der Waals surface area contributed by atoms with Gasteiger partial charge in [0.05, 0.1) is 12.5 Å². The van der Waals surface area contributed by atoms with E-state index in [9.17, 15) is 9.59 Å². The predicted octanol–water partition coefficient (Wildman–Crippen LogP) is 0.730. The second-order valence-corrected chi connectivity index (χ2v) is 5.33. The summed E-state index contributed by atoms with van der Waals surface area (Å²) in [4.78, 5) is 24.0. The molecule has 1 aliphatic carbocycles. The third kappa shape index (κ3) is 2.54. The molecular formula is C12H15NO4S. The smallest absolute Gasteiger partial charge is 0.328 e. The molecule has 1 aliphatic rings. The summed E-state index contributed by atoms with van der Waals surface area (Å²) in [6.45, 7) is -0.593. The van der Waals surface area contributed by atoms with Crippen LogP contribution in [-0.2, 0) is 16.0 Å². The summed E-state index contributed by atoms with van der Waals surface area (Å²) in [6.07, 6.45) is 2.65. The summed E-state index contributed by atoms with van der Waals surface area (Å²) < 4.78 is 0. The Balaban J connectivity index is 2.09. The van der Waals surface area contributed by atoms with Crippen molar-refractivity contribution in [2.75, 3.05) is 6.61 Å². The molecule has 1 unspecified atom stereocenters. The van der Waals surface area contributed by atoms with E-state index in [1.54, 1.807) is 11.3 Å². The second-order valence-electron chi connectivity index (χ2n) is 4.33. The topological polar surface area (TPSA) is 86.6 Å². The molecule has 6 heteroatoms. The quantitative estimate of drug-likeness (QED) is 0.752. The lowest BCUT2D eigenvalue weighted by atomic mass is 9.87. The van der Waals surface area contributed by atoms with Gasteiger partial charge in [-0.1, -0.05) is 0 Å². The number of carboxylic acid groups (broad SMARTS) is 1. The Bertz CT molecular complexity index is 457. The number of fused-ring (bicyclic) bond motifs is 1. The molecule has 0 aromatic carbocycles. The molecule has 0 saturated carbocycles. The lowest BCUT2D eigenvalue weighted by Gasteiger charge is -2.23. The fourth-order valence-corrected chi connectivity index (χ4v) is 3.20. The minimum atomic E-state index is -1.22. The second kappa shape index (κ2) is 5.49. The summed E-state index contributed by atoms with van der Waals surface area (Å²) in [6, 6.07) is 0.708. The van der Waals surface area contributed by atoms with E-state index in [4.69, 9.17) is 10.2 Å². The molecule has 0 fully saturated rings. The van der Waals surface area contributed by atoms with Crippen LogP contribution in [0.1, 0.15) is 29.2 Å². The zero-order chi connectivity index (χ0) is 13.1. The highest BCUT2D eigenvalue weighted by Crippen LogP contribution is 2.34. The van der Waals surface area contributed by atoms with Crippen LogP contribution in [-0.4, -0.2) is 34.7 Å². The molecule has 5 nitrogen and oxygen atoms in total. The van der Waals surface area contributed by atoms with Gasteiger partial charge in [-0.2, -0.15) is 0 Å². The van der Waals surface area contributed by atoms with Crippen molar-refractivity contribution >= 4 is 23.2 Å². The number of aliphatic hydroxyl groups is 1. The van der Waals surface area contributed by atoms with Gasteiger partial charge in [0.15, 0.2) is 0 Å². The Morgan fingerprint density at radius 1 is 1.56 bits per heavy atom. The van der Waals surface area contributed by atoms with Crippen molar-refractivity contribution in [1.82, 2.24) is 5.32 Å². The fraction of sp³-hybridized carbons (Fsp3) is 0.500. The van der Waals surface area contributed by atoms with Gasteiger partial charge in [0.1, 0.15) is 6.04 Å². The number of thiophene rings is 1. The number of nitrogens with one attached hydrogen (secondary N) is 1. The maximum absolute atomic E-state index is 12.1. The first-order chi connectivity index (χ1) is 8.63. The van der Waals surface area contributed by atoms with Gasteiger partial charge in [-0.3, -0.25) is 4.79 Å². The number of hydrogen-bond acceptors (Lipinski definition) is 4. The van der Waals surface area contributed by atoms with Crippen molar-refractivity contribution in [3.63, 3.8) is 0 Å². The van der Waals surface area contributed by atoms with E-state index in [2.05, 4.69) is 5.32 Å². The van der Waals surface area contributed by atoms with Gasteiger partial charge >= 0.3 is 5.97 Å². The Morgan fingerprint density at radius 2 is 2.33 bits per heavy atom. The van der Waals surface area contributed by atoms with Crippen molar-refractivity contribution in [3.8, 4) is 0 Å². The largest absolute Gasteiger partial charge is 0.480 e. The SMILES string of the molecule is O=C(N[C@H](CO)C(=O)O)C1CCCc2sccc21. The monoisotopic (exact) mass is 269 g/mol. The molecule has 0 radical (unpaired) electrons. The minimum absolute atomic E-state index is 0.284. The molecule has 1 amide bonds. The first-order valence-electron chi connectivity index (χ1n) is 5.83. The van der Waals surface area contributed by atoms with Crippen LogP contribution in [0.4, 0.5) is 0 Å². The standard InChI is InChI=1S/C12H15NO4S/c14-6-9(12(16)17)13-11(15)8-2-1-3-10-7(8)4-5-18-10/h4-5,8-9,14H,1-3,6H2,(H,13,15)(H,16,17)/t8?,9-/m1/s1. The van der Waals surface area contributed by atoms with Crippen molar-refractivity contribution < 1.29 is 19.8 Å². The van der Waals surface area contributed by atoms with Crippen LogP contribution < -0.4 is 5.32 Å².